The molecule has 3 aliphatic carbocycles. The molecule has 0 heterocycles. The second kappa shape index (κ2) is 6.67. The quantitative estimate of drug-likeness (QED) is 0.370. The highest BCUT2D eigenvalue weighted by atomic mass is 16.5. The fourth-order valence-corrected chi connectivity index (χ4v) is 5.77. The number of aryl methyl sites for hydroxylation is 1. The van der Waals surface area contributed by atoms with Gasteiger partial charge in [0.25, 0.3) is 0 Å². The lowest BCUT2D eigenvalue weighted by Crippen LogP contribution is -2.31. The van der Waals surface area contributed by atoms with Crippen LogP contribution in [0, 0.1) is 11.8 Å². The Kier molecular flexibility index (Phi) is 4.15. The van der Waals surface area contributed by atoms with E-state index in [9.17, 15) is 4.79 Å². The van der Waals surface area contributed by atoms with Crippen LogP contribution in [0.4, 0.5) is 0 Å². The zero-order valence-electron chi connectivity index (χ0n) is 15.9. The van der Waals surface area contributed by atoms with Crippen LogP contribution in [-0.2, 0) is 6.42 Å². The molecule has 2 heteroatoms. The maximum absolute atomic E-state index is 12.3. The lowest BCUT2D eigenvalue weighted by Gasteiger charge is -2.42. The number of allylic oxidation sites excluding steroid dienone is 2. The highest BCUT2D eigenvalue weighted by Gasteiger charge is 2.42. The Labute approximate surface area is 161 Å². The number of rotatable bonds is 2. The Morgan fingerprint density at radius 2 is 1.74 bits per heavy atom. The molecule has 0 bridgehead atoms. The molecule has 0 radical (unpaired) electrons. The number of carbonyl (C=O) groups is 1. The Morgan fingerprint density at radius 3 is 2.59 bits per heavy atom. The van der Waals surface area contributed by atoms with Crippen LogP contribution < -0.4 is 4.74 Å². The van der Waals surface area contributed by atoms with Crippen molar-refractivity contribution in [1.29, 1.82) is 0 Å². The van der Waals surface area contributed by atoms with Crippen molar-refractivity contribution in [2.24, 2.45) is 11.8 Å². The van der Waals surface area contributed by atoms with E-state index in [1.165, 1.54) is 43.2 Å². The third-order valence-corrected chi connectivity index (χ3v) is 7.07. The molecule has 3 atom stereocenters. The fraction of sp³-hybridized carbons (Fsp3) is 0.400. The van der Waals surface area contributed by atoms with Gasteiger partial charge >= 0.3 is 5.97 Å². The first-order valence-electron chi connectivity index (χ1n) is 10.3. The molecule has 0 spiro atoms. The smallest absolute Gasteiger partial charge is 0.343 e. The predicted molar refractivity (Wildman–Crippen MR) is 107 cm³/mol. The molecule has 0 saturated heterocycles. The Balaban J connectivity index is 1.38. The van der Waals surface area contributed by atoms with Crippen LogP contribution >= 0.6 is 0 Å². The van der Waals surface area contributed by atoms with Gasteiger partial charge in [-0.15, -0.1) is 0 Å². The van der Waals surface area contributed by atoms with Gasteiger partial charge in [-0.3, -0.25) is 0 Å². The molecular weight excluding hydrogens is 332 g/mol. The molecular formula is C25H26O2. The summed E-state index contributed by atoms with van der Waals surface area (Å²) in [6.45, 7) is 2.35. The second-order valence-electron chi connectivity index (χ2n) is 8.41. The van der Waals surface area contributed by atoms with E-state index in [1.807, 2.05) is 24.3 Å². The minimum Gasteiger partial charge on any atom is -0.423 e. The molecule has 2 aromatic rings. The molecule has 0 unspecified atom stereocenters. The molecule has 5 rings (SSSR count). The summed E-state index contributed by atoms with van der Waals surface area (Å²) in [5, 5.41) is 0. The van der Waals surface area contributed by atoms with Gasteiger partial charge in [-0.25, -0.2) is 4.79 Å². The van der Waals surface area contributed by atoms with Gasteiger partial charge < -0.3 is 4.74 Å². The lowest BCUT2D eigenvalue weighted by atomic mass is 9.62. The number of fused-ring (bicyclic) bond motifs is 5. The van der Waals surface area contributed by atoms with Crippen LogP contribution in [0.2, 0.25) is 0 Å². The highest BCUT2D eigenvalue weighted by molar-refractivity contribution is 5.91. The van der Waals surface area contributed by atoms with Gasteiger partial charge in [0.1, 0.15) is 5.75 Å². The average Bonchev–Trinajstić information content (AvgIpc) is 3.09. The molecule has 2 aromatic carbocycles. The SMILES string of the molecule is CC1=C2CC[C@@H]3c4ccc(OC(=O)c5ccccc5)cc4CC[C@H]3[C@@H]2CC1. The first-order valence-corrected chi connectivity index (χ1v) is 10.3. The monoisotopic (exact) mass is 358 g/mol. The minimum absolute atomic E-state index is 0.280. The van der Waals surface area contributed by atoms with E-state index in [4.69, 9.17) is 4.74 Å². The van der Waals surface area contributed by atoms with Crippen molar-refractivity contribution in [2.75, 3.05) is 0 Å². The van der Waals surface area contributed by atoms with Crippen molar-refractivity contribution in [3.63, 3.8) is 0 Å². The van der Waals surface area contributed by atoms with E-state index in [-0.39, 0.29) is 5.97 Å². The third kappa shape index (κ3) is 2.92. The van der Waals surface area contributed by atoms with E-state index < -0.39 is 0 Å². The molecule has 0 aromatic heterocycles. The summed E-state index contributed by atoms with van der Waals surface area (Å²) in [6.07, 6.45) is 7.62. The summed E-state index contributed by atoms with van der Waals surface area (Å²) in [6, 6.07) is 15.5. The largest absolute Gasteiger partial charge is 0.423 e. The summed E-state index contributed by atoms with van der Waals surface area (Å²) in [5.74, 6) is 2.73. The summed E-state index contributed by atoms with van der Waals surface area (Å²) in [4.78, 5) is 12.3. The van der Waals surface area contributed by atoms with Crippen molar-refractivity contribution < 1.29 is 9.53 Å². The number of carbonyl (C=O) groups excluding carboxylic acids is 1. The second-order valence-corrected chi connectivity index (χ2v) is 8.41. The van der Waals surface area contributed by atoms with Crippen LogP contribution in [0.15, 0.2) is 59.7 Å². The van der Waals surface area contributed by atoms with Gasteiger partial charge in [0.05, 0.1) is 5.56 Å². The molecule has 1 fully saturated rings. The zero-order valence-corrected chi connectivity index (χ0v) is 15.9. The van der Waals surface area contributed by atoms with Crippen molar-refractivity contribution in [3.8, 4) is 5.75 Å². The van der Waals surface area contributed by atoms with E-state index in [0.717, 1.165) is 18.3 Å². The van der Waals surface area contributed by atoms with Crippen LogP contribution in [-0.4, -0.2) is 5.97 Å². The van der Waals surface area contributed by atoms with Crippen LogP contribution in [0.25, 0.3) is 0 Å². The maximum Gasteiger partial charge on any atom is 0.343 e. The van der Waals surface area contributed by atoms with Gasteiger partial charge in [0, 0.05) is 0 Å². The third-order valence-electron chi connectivity index (χ3n) is 7.07. The van der Waals surface area contributed by atoms with Gasteiger partial charge in [-0.2, -0.15) is 0 Å². The summed E-state index contributed by atoms with van der Waals surface area (Å²) in [5.41, 5.74) is 6.95. The van der Waals surface area contributed by atoms with Gasteiger partial charge in [-0.1, -0.05) is 35.4 Å². The standard InChI is InChI=1S/C25H26O2/c1-16-7-10-22-20(16)13-14-23-21-12-9-19(15-18(21)8-11-24(22)23)27-25(26)17-5-3-2-4-6-17/h2-6,9,12,15,22-24H,7-8,10-11,13-14H2,1H3/t22-,23-,24+/m1/s1. The normalized spacial score (nSPS) is 26.2. The predicted octanol–water partition coefficient (Wildman–Crippen LogP) is 6.07. The van der Waals surface area contributed by atoms with Gasteiger partial charge in [-0.05, 0) is 98.6 Å². The molecule has 0 amide bonds. The fourth-order valence-electron chi connectivity index (χ4n) is 5.77. The van der Waals surface area contributed by atoms with Crippen molar-refractivity contribution in [3.05, 3.63) is 76.4 Å². The van der Waals surface area contributed by atoms with Crippen LogP contribution in [0.1, 0.15) is 66.4 Å². The van der Waals surface area contributed by atoms with E-state index in [1.54, 1.807) is 23.3 Å². The molecule has 138 valence electrons. The van der Waals surface area contributed by atoms with Crippen LogP contribution in [0.3, 0.4) is 0 Å². The molecule has 27 heavy (non-hydrogen) atoms. The average molecular weight is 358 g/mol. The number of hydrogen-bond donors (Lipinski definition) is 0. The summed E-state index contributed by atoms with van der Waals surface area (Å²) >= 11 is 0. The number of benzene rings is 2. The maximum atomic E-state index is 12.3. The van der Waals surface area contributed by atoms with E-state index in [2.05, 4.69) is 19.1 Å². The van der Waals surface area contributed by atoms with E-state index >= 15 is 0 Å². The van der Waals surface area contributed by atoms with Crippen LogP contribution in [0.5, 0.6) is 5.75 Å². The highest BCUT2D eigenvalue weighted by Crippen LogP contribution is 2.54. The summed E-state index contributed by atoms with van der Waals surface area (Å²) < 4.78 is 5.64. The minimum atomic E-state index is -0.280. The summed E-state index contributed by atoms with van der Waals surface area (Å²) in [7, 11) is 0. The molecule has 0 aliphatic heterocycles. The van der Waals surface area contributed by atoms with Crippen molar-refractivity contribution in [1.82, 2.24) is 0 Å². The van der Waals surface area contributed by atoms with Gasteiger partial charge in [0.15, 0.2) is 0 Å². The number of hydrogen-bond acceptors (Lipinski definition) is 2. The number of esters is 1. The molecule has 3 aliphatic rings. The van der Waals surface area contributed by atoms with Crippen molar-refractivity contribution >= 4 is 5.97 Å². The Bertz CT molecular complexity index is 909. The van der Waals surface area contributed by atoms with Gasteiger partial charge in [0.2, 0.25) is 0 Å². The molecule has 1 saturated carbocycles. The molecule has 2 nitrogen and oxygen atoms in total. The lowest BCUT2D eigenvalue weighted by molar-refractivity contribution is 0.0734. The first kappa shape index (κ1) is 16.8. The van der Waals surface area contributed by atoms with E-state index in [0.29, 0.717) is 17.2 Å². The Hall–Kier alpha value is -2.35. The Morgan fingerprint density at radius 1 is 0.926 bits per heavy atom. The number of ether oxygens (including phenoxy) is 1. The van der Waals surface area contributed by atoms with Crippen molar-refractivity contribution in [2.45, 2.75) is 51.4 Å². The molecule has 0 N–H and O–H groups in total. The first-order chi connectivity index (χ1) is 13.2. The zero-order chi connectivity index (χ0) is 18.4. The topological polar surface area (TPSA) is 26.3 Å².